The zero-order valence-electron chi connectivity index (χ0n) is 11.6. The Hall–Kier alpha value is -0.960. The topological polar surface area (TPSA) is 84.5 Å². The van der Waals surface area contributed by atoms with Crippen molar-refractivity contribution in [1.29, 1.82) is 0 Å². The Balaban J connectivity index is 2.31. The molecule has 0 radical (unpaired) electrons. The Labute approximate surface area is 123 Å². The van der Waals surface area contributed by atoms with Crippen molar-refractivity contribution in [2.24, 2.45) is 0 Å². The first kappa shape index (κ1) is 17.1. The van der Waals surface area contributed by atoms with Crippen LogP contribution in [0.25, 0.3) is 0 Å². The molecule has 0 unspecified atom stereocenters. The Morgan fingerprint density at radius 2 is 2.05 bits per heavy atom. The Morgan fingerprint density at radius 3 is 2.70 bits per heavy atom. The normalized spacial score (nSPS) is 11.5. The zero-order chi connectivity index (χ0) is 15.0. The fourth-order valence-corrected chi connectivity index (χ4v) is 3.51. The maximum atomic E-state index is 11.4. The highest BCUT2D eigenvalue weighted by atomic mass is 32.2. The molecule has 0 fully saturated rings. The van der Waals surface area contributed by atoms with Crippen LogP contribution in [0, 0.1) is 0 Å². The second-order valence-electron chi connectivity index (χ2n) is 4.11. The van der Waals surface area contributed by atoms with E-state index in [2.05, 4.69) is 14.8 Å². The highest BCUT2D eigenvalue weighted by Gasteiger charge is 2.08. The number of sulfonamides is 1. The molecule has 0 bridgehead atoms. The number of thiophene rings is 1. The summed E-state index contributed by atoms with van der Waals surface area (Å²) in [4.78, 5) is 13.1. The summed E-state index contributed by atoms with van der Waals surface area (Å²) in [7, 11) is -1.81. The van der Waals surface area contributed by atoms with E-state index in [-0.39, 0.29) is 18.1 Å². The van der Waals surface area contributed by atoms with Crippen molar-refractivity contribution in [2.75, 3.05) is 26.0 Å². The average Bonchev–Trinajstić information content (AvgIpc) is 2.82. The zero-order valence-corrected chi connectivity index (χ0v) is 13.3. The number of esters is 1. The van der Waals surface area contributed by atoms with Crippen LogP contribution in [0.5, 0.6) is 0 Å². The number of carbonyl (C=O) groups is 1. The van der Waals surface area contributed by atoms with Gasteiger partial charge in [0.15, 0.2) is 0 Å². The van der Waals surface area contributed by atoms with Crippen LogP contribution >= 0.6 is 11.3 Å². The number of ether oxygens (including phenoxy) is 1. The molecule has 0 aromatic carbocycles. The number of hydrogen-bond donors (Lipinski definition) is 2. The summed E-state index contributed by atoms with van der Waals surface area (Å²) in [5.74, 6) is -0.204. The molecule has 0 spiro atoms. The fourth-order valence-electron chi connectivity index (χ4n) is 1.54. The van der Waals surface area contributed by atoms with Crippen LogP contribution < -0.4 is 10.0 Å². The van der Waals surface area contributed by atoms with Crippen molar-refractivity contribution in [3.8, 4) is 0 Å². The molecular weight excluding hydrogens is 300 g/mol. The van der Waals surface area contributed by atoms with Gasteiger partial charge >= 0.3 is 5.97 Å². The van der Waals surface area contributed by atoms with E-state index >= 15 is 0 Å². The van der Waals surface area contributed by atoms with E-state index in [0.29, 0.717) is 19.6 Å². The van der Waals surface area contributed by atoms with Crippen LogP contribution in [0.1, 0.15) is 16.7 Å². The predicted octanol–water partition coefficient (Wildman–Crippen LogP) is 0.492. The SMILES string of the molecule is CCNS(=O)(=O)CCNCc1ccc(CC(=O)OC)s1. The molecule has 0 amide bonds. The van der Waals surface area contributed by atoms with Crippen molar-refractivity contribution in [3.05, 3.63) is 21.9 Å². The van der Waals surface area contributed by atoms with Gasteiger partial charge in [-0.15, -0.1) is 11.3 Å². The molecule has 2 N–H and O–H groups in total. The first-order valence-electron chi connectivity index (χ1n) is 6.29. The number of methoxy groups -OCH3 is 1. The summed E-state index contributed by atoms with van der Waals surface area (Å²) in [6.45, 7) is 3.14. The molecule has 1 aromatic rings. The smallest absolute Gasteiger partial charge is 0.310 e. The summed E-state index contributed by atoms with van der Waals surface area (Å²) in [6.07, 6.45) is 0.274. The van der Waals surface area contributed by atoms with Crippen molar-refractivity contribution >= 4 is 27.3 Å². The molecule has 6 nitrogen and oxygen atoms in total. The van der Waals surface area contributed by atoms with E-state index < -0.39 is 10.0 Å². The van der Waals surface area contributed by atoms with Gasteiger partial charge in [0.2, 0.25) is 10.0 Å². The third kappa shape index (κ3) is 6.47. The third-order valence-electron chi connectivity index (χ3n) is 2.47. The monoisotopic (exact) mass is 320 g/mol. The lowest BCUT2D eigenvalue weighted by Crippen LogP contribution is -2.31. The third-order valence-corrected chi connectivity index (χ3v) is 5.03. The number of carbonyl (C=O) groups excluding carboxylic acids is 1. The summed E-state index contributed by atoms with van der Waals surface area (Å²) < 4.78 is 29.8. The minimum absolute atomic E-state index is 0.0568. The number of nitrogens with one attached hydrogen (secondary N) is 2. The molecule has 0 aliphatic heterocycles. The first-order chi connectivity index (χ1) is 9.46. The van der Waals surface area contributed by atoms with Gasteiger partial charge in [0.25, 0.3) is 0 Å². The largest absolute Gasteiger partial charge is 0.469 e. The van der Waals surface area contributed by atoms with E-state index in [1.54, 1.807) is 6.92 Å². The maximum absolute atomic E-state index is 11.4. The Morgan fingerprint density at radius 1 is 1.35 bits per heavy atom. The van der Waals surface area contributed by atoms with Gasteiger partial charge in [-0.25, -0.2) is 13.1 Å². The van der Waals surface area contributed by atoms with E-state index in [9.17, 15) is 13.2 Å². The van der Waals surface area contributed by atoms with Gasteiger partial charge in [-0.2, -0.15) is 0 Å². The van der Waals surface area contributed by atoms with Gasteiger partial charge < -0.3 is 10.1 Å². The van der Waals surface area contributed by atoms with Crippen molar-refractivity contribution in [2.45, 2.75) is 19.9 Å². The second kappa shape index (κ2) is 8.35. The molecule has 114 valence electrons. The van der Waals surface area contributed by atoms with Crippen LogP contribution in [0.3, 0.4) is 0 Å². The molecule has 0 saturated heterocycles. The average molecular weight is 320 g/mol. The van der Waals surface area contributed by atoms with Crippen LogP contribution in [0.4, 0.5) is 0 Å². The molecule has 0 atom stereocenters. The van der Waals surface area contributed by atoms with Crippen LogP contribution in [0.2, 0.25) is 0 Å². The standard InChI is InChI=1S/C12H20N2O4S2/c1-3-14-20(16,17)7-6-13-9-11-5-4-10(19-11)8-12(15)18-2/h4-5,13-14H,3,6-9H2,1-2H3. The second-order valence-corrected chi connectivity index (χ2v) is 7.29. The summed E-state index contributed by atoms with van der Waals surface area (Å²) in [6, 6.07) is 3.81. The van der Waals surface area contributed by atoms with E-state index in [4.69, 9.17) is 0 Å². The van der Waals surface area contributed by atoms with E-state index in [0.717, 1.165) is 9.75 Å². The fraction of sp³-hybridized carbons (Fsp3) is 0.583. The van der Waals surface area contributed by atoms with Gasteiger partial charge in [-0.3, -0.25) is 4.79 Å². The lowest BCUT2D eigenvalue weighted by molar-refractivity contribution is -0.139. The Kier molecular flexibility index (Phi) is 7.14. The van der Waals surface area contributed by atoms with Gasteiger partial charge in [0, 0.05) is 29.4 Å². The van der Waals surface area contributed by atoms with Gasteiger partial charge in [-0.05, 0) is 12.1 Å². The first-order valence-corrected chi connectivity index (χ1v) is 8.76. The molecule has 20 heavy (non-hydrogen) atoms. The Bertz CT molecular complexity index is 525. The van der Waals surface area contributed by atoms with Gasteiger partial charge in [0.05, 0.1) is 19.3 Å². The molecular formula is C12H20N2O4S2. The number of rotatable bonds is 9. The number of hydrogen-bond acceptors (Lipinski definition) is 6. The van der Waals surface area contributed by atoms with Gasteiger partial charge in [-0.1, -0.05) is 6.92 Å². The molecule has 0 aliphatic rings. The van der Waals surface area contributed by atoms with E-state index in [1.807, 2.05) is 12.1 Å². The van der Waals surface area contributed by atoms with Crippen LogP contribution in [-0.2, 0) is 32.5 Å². The molecule has 8 heteroatoms. The quantitative estimate of drug-likeness (QED) is 0.511. The highest BCUT2D eigenvalue weighted by molar-refractivity contribution is 7.89. The van der Waals surface area contributed by atoms with Crippen molar-refractivity contribution in [1.82, 2.24) is 10.0 Å². The molecule has 0 aliphatic carbocycles. The molecule has 1 rings (SSSR count). The van der Waals surface area contributed by atoms with Crippen LogP contribution in [-0.4, -0.2) is 40.3 Å². The molecule has 1 aromatic heterocycles. The molecule has 0 saturated carbocycles. The van der Waals surface area contributed by atoms with E-state index in [1.165, 1.54) is 18.4 Å². The highest BCUT2D eigenvalue weighted by Crippen LogP contribution is 2.17. The summed E-state index contributed by atoms with van der Waals surface area (Å²) in [5, 5.41) is 3.07. The minimum atomic E-state index is -3.17. The lowest BCUT2D eigenvalue weighted by atomic mass is 10.3. The van der Waals surface area contributed by atoms with Crippen molar-refractivity contribution in [3.63, 3.8) is 0 Å². The van der Waals surface area contributed by atoms with Crippen LogP contribution in [0.15, 0.2) is 12.1 Å². The molecule has 1 heterocycles. The predicted molar refractivity (Wildman–Crippen MR) is 79.2 cm³/mol. The maximum Gasteiger partial charge on any atom is 0.310 e. The summed E-state index contributed by atoms with van der Waals surface area (Å²) in [5.41, 5.74) is 0. The van der Waals surface area contributed by atoms with Gasteiger partial charge in [0.1, 0.15) is 0 Å². The van der Waals surface area contributed by atoms with Crippen molar-refractivity contribution < 1.29 is 17.9 Å². The lowest BCUT2D eigenvalue weighted by Gasteiger charge is -2.05. The summed E-state index contributed by atoms with van der Waals surface area (Å²) >= 11 is 1.52. The minimum Gasteiger partial charge on any atom is -0.469 e.